The molecule has 1 aromatic carbocycles. The van der Waals surface area contributed by atoms with Gasteiger partial charge in [0.2, 0.25) is 0 Å². The van der Waals surface area contributed by atoms with Gasteiger partial charge in [-0.3, -0.25) is 0 Å². The zero-order valence-corrected chi connectivity index (χ0v) is 10.5. The zero-order chi connectivity index (χ0) is 12.3. The van der Waals surface area contributed by atoms with Crippen LogP contribution in [-0.2, 0) is 0 Å². The van der Waals surface area contributed by atoms with Crippen molar-refractivity contribution in [3.05, 3.63) is 29.8 Å². The Morgan fingerprint density at radius 1 is 1.35 bits per heavy atom. The largest absolute Gasteiger partial charge is 0.489 e. The summed E-state index contributed by atoms with van der Waals surface area (Å²) in [6.07, 6.45) is 3.17. The van der Waals surface area contributed by atoms with Gasteiger partial charge in [-0.2, -0.15) is 5.26 Å². The fourth-order valence-corrected chi connectivity index (χ4v) is 2.34. The Hall–Kier alpha value is -1.49. The molecule has 2 unspecified atom stereocenters. The summed E-state index contributed by atoms with van der Waals surface area (Å²) in [5, 5.41) is 9.03. The van der Waals surface area contributed by atoms with Crippen molar-refractivity contribution in [1.82, 2.24) is 0 Å². The number of nitrogens with zero attached hydrogens (tertiary/aromatic N) is 1. The molecule has 1 saturated carbocycles. The van der Waals surface area contributed by atoms with E-state index >= 15 is 0 Å². The van der Waals surface area contributed by atoms with Gasteiger partial charge >= 0.3 is 0 Å². The van der Waals surface area contributed by atoms with E-state index in [1.807, 2.05) is 12.1 Å². The summed E-state index contributed by atoms with van der Waals surface area (Å²) in [5.41, 5.74) is 1.29. The second-order valence-electron chi connectivity index (χ2n) is 5.05. The molecular weight excluding hydrogens is 210 g/mol. The molecule has 0 aromatic heterocycles. The van der Waals surface area contributed by atoms with Crippen LogP contribution in [0.15, 0.2) is 24.3 Å². The maximum atomic E-state index is 9.03. The normalized spacial score (nSPS) is 23.6. The topological polar surface area (TPSA) is 33.0 Å². The molecule has 90 valence electrons. The van der Waals surface area contributed by atoms with Crippen LogP contribution in [0.1, 0.15) is 44.6 Å². The van der Waals surface area contributed by atoms with Gasteiger partial charge in [-0.05, 0) is 42.9 Å². The van der Waals surface area contributed by atoms with Gasteiger partial charge in [0.05, 0.1) is 12.0 Å². The first kappa shape index (κ1) is 12.0. The lowest BCUT2D eigenvalue weighted by Gasteiger charge is -2.17. The van der Waals surface area contributed by atoms with Crippen LogP contribution < -0.4 is 4.74 Å². The van der Waals surface area contributed by atoms with E-state index in [4.69, 9.17) is 10.00 Å². The summed E-state index contributed by atoms with van der Waals surface area (Å²) in [4.78, 5) is 0. The van der Waals surface area contributed by atoms with Crippen LogP contribution in [0.25, 0.3) is 0 Å². The first-order valence-electron chi connectivity index (χ1n) is 6.37. The van der Waals surface area contributed by atoms with Crippen molar-refractivity contribution in [2.24, 2.45) is 5.92 Å². The van der Waals surface area contributed by atoms with Crippen LogP contribution in [0.2, 0.25) is 0 Å². The summed E-state index contributed by atoms with van der Waals surface area (Å²) in [6, 6.07) is 10.6. The summed E-state index contributed by atoms with van der Waals surface area (Å²) in [7, 11) is 0. The van der Waals surface area contributed by atoms with E-state index in [0.29, 0.717) is 5.92 Å². The van der Waals surface area contributed by atoms with Crippen LogP contribution in [0, 0.1) is 17.2 Å². The fraction of sp³-hybridized carbons (Fsp3) is 0.533. The van der Waals surface area contributed by atoms with E-state index in [1.54, 1.807) is 0 Å². The van der Waals surface area contributed by atoms with Crippen LogP contribution in [0.5, 0.6) is 5.75 Å². The van der Waals surface area contributed by atoms with Gasteiger partial charge < -0.3 is 4.74 Å². The van der Waals surface area contributed by atoms with E-state index in [0.717, 1.165) is 25.0 Å². The first-order chi connectivity index (χ1) is 8.20. The lowest BCUT2D eigenvalue weighted by atomic mass is 10.0. The summed E-state index contributed by atoms with van der Waals surface area (Å²) in [5.74, 6) is 1.48. The Kier molecular flexibility index (Phi) is 3.68. The molecule has 1 fully saturated rings. The minimum absolute atomic E-state index is 0.0673. The molecular formula is C15H19NO. The predicted molar refractivity (Wildman–Crippen MR) is 67.9 cm³/mol. The van der Waals surface area contributed by atoms with Gasteiger partial charge in [-0.1, -0.05) is 26.0 Å². The molecule has 0 amide bonds. The number of hydrogen-bond acceptors (Lipinski definition) is 2. The smallest absolute Gasteiger partial charge is 0.120 e. The third-order valence-corrected chi connectivity index (χ3v) is 3.43. The third-order valence-electron chi connectivity index (χ3n) is 3.43. The van der Waals surface area contributed by atoms with Crippen LogP contribution in [-0.4, -0.2) is 6.10 Å². The molecule has 0 heterocycles. The molecule has 2 atom stereocenters. The Morgan fingerprint density at radius 3 is 2.88 bits per heavy atom. The van der Waals surface area contributed by atoms with Crippen LogP contribution >= 0.6 is 0 Å². The summed E-state index contributed by atoms with van der Waals surface area (Å²) in [6.45, 7) is 4.35. The molecule has 2 nitrogen and oxygen atoms in total. The Balaban J connectivity index is 2.08. The molecule has 0 spiro atoms. The number of nitriles is 1. The van der Waals surface area contributed by atoms with Gasteiger partial charge in [0.1, 0.15) is 11.9 Å². The summed E-state index contributed by atoms with van der Waals surface area (Å²) >= 11 is 0. The minimum atomic E-state index is 0.0673. The van der Waals surface area contributed by atoms with Crippen LogP contribution in [0.3, 0.4) is 0 Å². The Morgan fingerprint density at radius 2 is 2.18 bits per heavy atom. The lowest BCUT2D eigenvalue weighted by Crippen LogP contribution is -2.20. The molecule has 2 heteroatoms. The lowest BCUT2D eigenvalue weighted by molar-refractivity contribution is 0.182. The fourth-order valence-electron chi connectivity index (χ4n) is 2.34. The molecule has 2 rings (SSSR count). The highest BCUT2D eigenvalue weighted by atomic mass is 16.5. The molecule has 1 aliphatic carbocycles. The predicted octanol–water partition coefficient (Wildman–Crippen LogP) is 3.88. The molecule has 1 aromatic rings. The minimum Gasteiger partial charge on any atom is -0.489 e. The summed E-state index contributed by atoms with van der Waals surface area (Å²) < 4.78 is 5.95. The Labute approximate surface area is 103 Å². The van der Waals surface area contributed by atoms with Crippen molar-refractivity contribution in [1.29, 1.82) is 5.26 Å². The standard InChI is InChI=1S/C15H19NO/c1-11(2)12-5-3-7-14(9-12)17-15-8-4-6-13(15)10-16/h3,5,7,9,11,13,15H,4,6,8H2,1-2H3. The maximum absolute atomic E-state index is 9.03. The highest BCUT2D eigenvalue weighted by Crippen LogP contribution is 2.30. The molecule has 17 heavy (non-hydrogen) atoms. The van der Waals surface area contributed by atoms with Gasteiger partial charge in [0, 0.05) is 0 Å². The molecule has 0 bridgehead atoms. The van der Waals surface area contributed by atoms with E-state index in [-0.39, 0.29) is 12.0 Å². The Bertz CT molecular complexity index is 419. The van der Waals surface area contributed by atoms with E-state index in [9.17, 15) is 0 Å². The van der Waals surface area contributed by atoms with E-state index in [2.05, 4.69) is 32.0 Å². The molecule has 0 radical (unpaired) electrons. The first-order valence-corrected chi connectivity index (χ1v) is 6.37. The quantitative estimate of drug-likeness (QED) is 0.788. The van der Waals surface area contributed by atoms with Gasteiger partial charge in [0.25, 0.3) is 0 Å². The maximum Gasteiger partial charge on any atom is 0.120 e. The third kappa shape index (κ3) is 2.79. The highest BCUT2D eigenvalue weighted by molar-refractivity contribution is 5.30. The second kappa shape index (κ2) is 5.23. The van der Waals surface area contributed by atoms with Crippen molar-refractivity contribution in [2.75, 3.05) is 0 Å². The monoisotopic (exact) mass is 229 g/mol. The molecule has 0 N–H and O–H groups in total. The zero-order valence-electron chi connectivity index (χ0n) is 10.5. The molecule has 0 aliphatic heterocycles. The van der Waals surface area contributed by atoms with E-state index < -0.39 is 0 Å². The SMILES string of the molecule is CC(C)c1cccc(OC2CCCC2C#N)c1. The number of ether oxygens (including phenoxy) is 1. The number of rotatable bonds is 3. The van der Waals surface area contributed by atoms with Gasteiger partial charge in [-0.15, -0.1) is 0 Å². The molecule has 0 saturated heterocycles. The number of benzene rings is 1. The van der Waals surface area contributed by atoms with Gasteiger partial charge in [-0.25, -0.2) is 0 Å². The highest BCUT2D eigenvalue weighted by Gasteiger charge is 2.28. The van der Waals surface area contributed by atoms with Crippen molar-refractivity contribution in [3.8, 4) is 11.8 Å². The van der Waals surface area contributed by atoms with Crippen LogP contribution in [0.4, 0.5) is 0 Å². The van der Waals surface area contributed by atoms with Crippen molar-refractivity contribution >= 4 is 0 Å². The average molecular weight is 229 g/mol. The van der Waals surface area contributed by atoms with Gasteiger partial charge in [0.15, 0.2) is 0 Å². The second-order valence-corrected chi connectivity index (χ2v) is 5.05. The average Bonchev–Trinajstić information content (AvgIpc) is 2.76. The van der Waals surface area contributed by atoms with E-state index in [1.165, 1.54) is 5.56 Å². The molecule has 1 aliphatic rings. The van der Waals surface area contributed by atoms with Crippen molar-refractivity contribution in [3.63, 3.8) is 0 Å². The van der Waals surface area contributed by atoms with Crippen molar-refractivity contribution in [2.45, 2.75) is 45.1 Å². The number of hydrogen-bond donors (Lipinski definition) is 0. The van der Waals surface area contributed by atoms with Crippen molar-refractivity contribution < 1.29 is 4.74 Å².